The van der Waals surface area contributed by atoms with E-state index in [0.717, 1.165) is 30.4 Å². The molecule has 0 spiro atoms. The molecule has 1 aromatic carbocycles. The summed E-state index contributed by atoms with van der Waals surface area (Å²) in [6, 6.07) is 5.83. The maximum absolute atomic E-state index is 11.5. The van der Waals surface area contributed by atoms with Crippen LogP contribution in [0, 0.1) is 10.1 Å². The van der Waals surface area contributed by atoms with Gasteiger partial charge in [0, 0.05) is 17.1 Å². The number of aliphatic carboxylic acids is 1. The second-order valence-electron chi connectivity index (χ2n) is 8.25. The molecule has 2 aliphatic rings. The molecule has 8 heteroatoms. The normalized spacial score (nSPS) is 24.5. The molecule has 3 rings (SSSR count). The molecule has 0 unspecified atom stereocenters. The summed E-state index contributed by atoms with van der Waals surface area (Å²) in [5, 5.41) is 30.1. The second kappa shape index (κ2) is 8.02. The molecule has 1 aliphatic carbocycles. The zero-order chi connectivity index (χ0) is 21.2. The molecule has 2 N–H and O–H groups in total. The van der Waals surface area contributed by atoms with E-state index in [4.69, 9.17) is 4.74 Å². The maximum atomic E-state index is 11.5. The van der Waals surface area contributed by atoms with Crippen molar-refractivity contribution in [1.82, 2.24) is 0 Å². The molecule has 29 heavy (non-hydrogen) atoms. The summed E-state index contributed by atoms with van der Waals surface area (Å²) in [4.78, 5) is 25.9. The fourth-order valence-corrected chi connectivity index (χ4v) is 4.29. The predicted octanol–water partition coefficient (Wildman–Crippen LogP) is 3.40. The number of carbonyl (C=O) groups is 1. The number of ether oxygens (including phenoxy) is 1. The van der Waals surface area contributed by atoms with E-state index in [1.54, 1.807) is 6.08 Å². The van der Waals surface area contributed by atoms with Gasteiger partial charge in [-0.25, -0.2) is 4.79 Å². The Morgan fingerprint density at radius 2 is 2.10 bits per heavy atom. The molecular weight excluding hydrogens is 378 g/mol. The van der Waals surface area contributed by atoms with Gasteiger partial charge in [-0.05, 0) is 57.6 Å². The molecular formula is C21H27NO7. The van der Waals surface area contributed by atoms with Gasteiger partial charge in [-0.15, -0.1) is 10.1 Å². The monoisotopic (exact) mass is 405 g/mol. The molecule has 1 heterocycles. The van der Waals surface area contributed by atoms with Crippen LogP contribution in [0.15, 0.2) is 29.8 Å². The highest BCUT2D eigenvalue weighted by Gasteiger charge is 2.56. The number of aliphatic hydroxyl groups is 1. The minimum Gasteiger partial charge on any atom is -0.485 e. The minimum absolute atomic E-state index is 0.104. The number of nitrogens with zero attached hydrogens (tertiary/aromatic N) is 1. The van der Waals surface area contributed by atoms with Crippen LogP contribution in [-0.2, 0) is 16.1 Å². The highest BCUT2D eigenvalue weighted by atomic mass is 16.9. The van der Waals surface area contributed by atoms with Crippen LogP contribution < -0.4 is 4.74 Å². The fourth-order valence-electron chi connectivity index (χ4n) is 4.29. The van der Waals surface area contributed by atoms with Crippen LogP contribution >= 0.6 is 0 Å². The lowest BCUT2D eigenvalue weighted by molar-refractivity contribution is -0.757. The van der Waals surface area contributed by atoms with Crippen LogP contribution in [-0.4, -0.2) is 39.1 Å². The van der Waals surface area contributed by atoms with Crippen molar-refractivity contribution in [2.24, 2.45) is 0 Å². The van der Waals surface area contributed by atoms with E-state index in [0.29, 0.717) is 30.6 Å². The summed E-state index contributed by atoms with van der Waals surface area (Å²) in [6.07, 6.45) is 5.39. The van der Waals surface area contributed by atoms with Crippen LogP contribution in [0.1, 0.15) is 63.0 Å². The quantitative estimate of drug-likeness (QED) is 0.386. The van der Waals surface area contributed by atoms with Crippen molar-refractivity contribution < 1.29 is 29.7 Å². The first-order valence-corrected chi connectivity index (χ1v) is 9.89. The maximum Gasteiger partial charge on any atom is 0.331 e. The van der Waals surface area contributed by atoms with Crippen molar-refractivity contribution in [1.29, 1.82) is 0 Å². The third-order valence-electron chi connectivity index (χ3n) is 6.06. The van der Waals surface area contributed by atoms with E-state index in [9.17, 15) is 25.1 Å². The van der Waals surface area contributed by atoms with Crippen molar-refractivity contribution in [3.63, 3.8) is 0 Å². The van der Waals surface area contributed by atoms with Crippen molar-refractivity contribution in [3.05, 3.63) is 51.1 Å². The van der Waals surface area contributed by atoms with Gasteiger partial charge in [-0.2, -0.15) is 0 Å². The Labute approximate surface area is 169 Å². The summed E-state index contributed by atoms with van der Waals surface area (Å²) < 4.78 is 6.18. The molecule has 1 aliphatic heterocycles. The van der Waals surface area contributed by atoms with Crippen molar-refractivity contribution >= 4 is 5.97 Å². The molecule has 2 atom stereocenters. The number of aryl methyl sites for hydroxylation is 1. The average Bonchev–Trinajstić information content (AvgIpc) is 2.64. The molecule has 0 amide bonds. The molecule has 158 valence electrons. The molecule has 0 bridgehead atoms. The van der Waals surface area contributed by atoms with Crippen LogP contribution in [0.4, 0.5) is 0 Å². The molecule has 8 nitrogen and oxygen atoms in total. The number of benzene rings is 1. The topological polar surface area (TPSA) is 119 Å². The standard InChI is InChI=1S/C21H27NO7/c1-20(2)21(25)10-9-15(19(23)24)13-17(21)16-8-7-14(12-18(16)29-20)6-4-3-5-11-28-22(26)27/h7-8,12-13,17,25H,3-6,9-11H2,1-2H3,(H,23,24)/t17-,21-/m0/s1. The van der Waals surface area contributed by atoms with Crippen LogP contribution in [0.5, 0.6) is 5.75 Å². The predicted molar refractivity (Wildman–Crippen MR) is 104 cm³/mol. The van der Waals surface area contributed by atoms with E-state index >= 15 is 0 Å². The summed E-state index contributed by atoms with van der Waals surface area (Å²) in [5.74, 6) is -0.716. The third kappa shape index (κ3) is 4.22. The lowest BCUT2D eigenvalue weighted by Gasteiger charge is -2.52. The SMILES string of the molecule is CC1(C)Oc2cc(CCCCCO[N+](=O)[O-])ccc2[C@@H]2C=C(C(=O)O)CC[C@]21O. The number of carboxylic acids is 1. The molecule has 1 aromatic rings. The lowest BCUT2D eigenvalue weighted by Crippen LogP contribution is -2.60. The fraction of sp³-hybridized carbons (Fsp3) is 0.571. The third-order valence-corrected chi connectivity index (χ3v) is 6.06. The molecule has 0 fully saturated rings. The number of rotatable bonds is 8. The Hall–Kier alpha value is -2.61. The number of hydrogen-bond donors (Lipinski definition) is 2. The highest BCUT2D eigenvalue weighted by molar-refractivity contribution is 5.87. The first-order chi connectivity index (χ1) is 13.6. The van der Waals surface area contributed by atoms with Gasteiger partial charge in [0.25, 0.3) is 5.09 Å². The summed E-state index contributed by atoms with van der Waals surface area (Å²) in [6.45, 7) is 3.78. The minimum atomic E-state index is -1.17. The van der Waals surface area contributed by atoms with Crippen molar-refractivity contribution in [2.75, 3.05) is 6.61 Å². The van der Waals surface area contributed by atoms with E-state index in [1.807, 2.05) is 32.0 Å². The smallest absolute Gasteiger partial charge is 0.331 e. The van der Waals surface area contributed by atoms with Crippen molar-refractivity contribution in [2.45, 2.75) is 69.5 Å². The summed E-state index contributed by atoms with van der Waals surface area (Å²) in [7, 11) is 0. The first-order valence-electron chi connectivity index (χ1n) is 9.89. The van der Waals surface area contributed by atoms with Gasteiger partial charge in [-0.1, -0.05) is 24.6 Å². The summed E-state index contributed by atoms with van der Waals surface area (Å²) >= 11 is 0. The summed E-state index contributed by atoms with van der Waals surface area (Å²) in [5.41, 5.74) is 0.164. The van der Waals surface area contributed by atoms with Gasteiger partial charge in [0.15, 0.2) is 0 Å². The lowest BCUT2D eigenvalue weighted by atomic mass is 9.64. The van der Waals surface area contributed by atoms with E-state index in [2.05, 4.69) is 4.84 Å². The Morgan fingerprint density at radius 1 is 1.34 bits per heavy atom. The van der Waals surface area contributed by atoms with Crippen LogP contribution in [0.3, 0.4) is 0 Å². The molecule has 0 saturated heterocycles. The van der Waals surface area contributed by atoms with Gasteiger partial charge in [0.2, 0.25) is 0 Å². The number of unbranched alkanes of at least 4 members (excludes halogenated alkanes) is 2. The average molecular weight is 405 g/mol. The molecule has 0 aromatic heterocycles. The van der Waals surface area contributed by atoms with E-state index < -0.39 is 28.2 Å². The van der Waals surface area contributed by atoms with E-state index in [-0.39, 0.29) is 6.61 Å². The second-order valence-corrected chi connectivity index (χ2v) is 8.25. The van der Waals surface area contributed by atoms with Crippen LogP contribution in [0.2, 0.25) is 0 Å². The van der Waals surface area contributed by atoms with Gasteiger partial charge in [-0.3, -0.25) is 0 Å². The van der Waals surface area contributed by atoms with Gasteiger partial charge < -0.3 is 19.8 Å². The van der Waals surface area contributed by atoms with Gasteiger partial charge in [0.1, 0.15) is 17.0 Å². The number of hydrogen-bond acceptors (Lipinski definition) is 6. The number of fused-ring (bicyclic) bond motifs is 3. The highest BCUT2D eigenvalue weighted by Crippen LogP contribution is 2.53. The van der Waals surface area contributed by atoms with Gasteiger partial charge in [0.05, 0.1) is 6.61 Å². The molecule has 0 saturated carbocycles. The Kier molecular flexibility index (Phi) is 5.84. The Balaban J connectivity index is 1.76. The zero-order valence-corrected chi connectivity index (χ0v) is 16.7. The first kappa shape index (κ1) is 21.1. The van der Waals surface area contributed by atoms with Crippen LogP contribution in [0.25, 0.3) is 0 Å². The zero-order valence-electron chi connectivity index (χ0n) is 16.7. The Bertz CT molecular complexity index is 832. The van der Waals surface area contributed by atoms with Crippen molar-refractivity contribution in [3.8, 4) is 5.75 Å². The Morgan fingerprint density at radius 3 is 2.79 bits per heavy atom. The van der Waals surface area contributed by atoms with E-state index in [1.165, 1.54) is 0 Å². The van der Waals surface area contributed by atoms with Gasteiger partial charge >= 0.3 is 5.97 Å². The number of carboxylic acid groups (broad SMARTS) is 1. The largest absolute Gasteiger partial charge is 0.485 e. The molecule has 0 radical (unpaired) electrons.